The molecular weight excluding hydrogens is 735 g/mol. The molecule has 2 aromatic carbocycles. The predicted molar refractivity (Wildman–Crippen MR) is 212 cm³/mol. The molecule has 0 radical (unpaired) electrons. The van der Waals surface area contributed by atoms with Gasteiger partial charge in [0.05, 0.1) is 42.4 Å². The summed E-state index contributed by atoms with van der Waals surface area (Å²) >= 11 is 0. The Morgan fingerprint density at radius 3 is 2.62 bits per heavy atom. The van der Waals surface area contributed by atoms with Gasteiger partial charge >= 0.3 is 6.03 Å². The molecule has 0 saturated heterocycles. The van der Waals surface area contributed by atoms with Crippen molar-refractivity contribution in [3.8, 4) is 22.8 Å². The minimum atomic E-state index is -3.95. The van der Waals surface area contributed by atoms with Gasteiger partial charge in [0.25, 0.3) is 5.91 Å². The molecule has 0 bridgehead atoms. The molecule has 1 aliphatic heterocycles. The monoisotopic (exact) mass is 783 g/mol. The average Bonchev–Trinajstić information content (AvgIpc) is 4.05. The molecule has 4 amide bonds. The number of aryl methyl sites for hydroxylation is 1. The molecule has 4 aromatic rings. The second-order valence-corrected chi connectivity index (χ2v) is 17.5. The maximum Gasteiger partial charge on any atom is 0.317 e. The second-order valence-electron chi connectivity index (χ2n) is 15.3. The number of amides is 4. The molecule has 2 aliphatic carbocycles. The fourth-order valence-electron chi connectivity index (χ4n) is 7.08. The predicted octanol–water partition coefficient (Wildman–Crippen LogP) is 4.86. The van der Waals surface area contributed by atoms with Crippen LogP contribution in [0.2, 0.25) is 0 Å². The van der Waals surface area contributed by atoms with Crippen molar-refractivity contribution in [1.82, 2.24) is 35.0 Å². The largest absolute Gasteiger partial charge is 0.496 e. The van der Waals surface area contributed by atoms with E-state index in [1.807, 2.05) is 78.5 Å². The Balaban J connectivity index is 1.14. The van der Waals surface area contributed by atoms with Gasteiger partial charge in [0.1, 0.15) is 23.1 Å². The van der Waals surface area contributed by atoms with Crippen molar-refractivity contribution in [2.24, 2.45) is 5.92 Å². The summed E-state index contributed by atoms with van der Waals surface area (Å²) < 4.78 is 41.3. The van der Waals surface area contributed by atoms with Crippen LogP contribution in [-0.4, -0.2) is 89.6 Å². The van der Waals surface area contributed by atoms with E-state index in [2.05, 4.69) is 20.5 Å². The Hall–Kier alpha value is -5.44. The number of aromatic nitrogens is 3. The first kappa shape index (κ1) is 38.8. The van der Waals surface area contributed by atoms with Gasteiger partial charge in [-0.05, 0) is 70.1 Å². The number of sulfonamides is 1. The standard InChI is InChI=1S/C41H49N7O7S/c1-27-34(54-4)16-15-31-35(22-33(43-36(27)31)29-24-42-48(26-29)25-28-12-8-7-9-13-28)55-21-17-32-37(49)45-41(38(50)46-56(52,53)40(2)18-19-40)23-30(41)14-10-5-6-11-20-47(3)39(51)44-32/h7-10,12-16,22,24,26,30,32H,5-6,11,17-21,23,25H2,1-4H3,(H,44,51)(H,45,49)(H,46,50)/t30-,32+,41-/m1/s1. The Kier molecular flexibility index (Phi) is 10.8. The third-order valence-corrected chi connectivity index (χ3v) is 13.3. The summed E-state index contributed by atoms with van der Waals surface area (Å²) in [5.74, 6) is -0.599. The van der Waals surface area contributed by atoms with E-state index in [9.17, 15) is 22.8 Å². The molecule has 3 atom stereocenters. The topological polar surface area (TPSA) is 174 Å². The van der Waals surface area contributed by atoms with Crippen molar-refractivity contribution in [3.63, 3.8) is 0 Å². The van der Waals surface area contributed by atoms with Crippen LogP contribution in [0.3, 0.4) is 0 Å². The number of hydrogen-bond donors (Lipinski definition) is 3. The molecular formula is C41H49N7O7S. The molecule has 2 saturated carbocycles. The highest BCUT2D eigenvalue weighted by Crippen LogP contribution is 2.47. The molecule has 14 nitrogen and oxygen atoms in total. The SMILES string of the molecule is COc1ccc2c(OCC[C@@H]3NC(=O)N(C)CCCCC=C[C@@H]4C[C@@]4(C(=O)NS(=O)(=O)C4(C)CC4)NC3=O)cc(-c3cnn(Cc4ccccc4)c3)nc2c1C. The first-order chi connectivity index (χ1) is 26.8. The molecule has 2 fully saturated rings. The van der Waals surface area contributed by atoms with Crippen molar-refractivity contribution < 1.29 is 32.3 Å². The van der Waals surface area contributed by atoms with Crippen LogP contribution >= 0.6 is 0 Å². The number of carbonyl (C=O) groups is 3. The minimum Gasteiger partial charge on any atom is -0.496 e. The molecule has 56 heavy (non-hydrogen) atoms. The van der Waals surface area contributed by atoms with Gasteiger partial charge in [-0.25, -0.2) is 18.2 Å². The highest BCUT2D eigenvalue weighted by atomic mass is 32.2. The molecule has 3 N–H and O–H groups in total. The highest BCUT2D eigenvalue weighted by molar-refractivity contribution is 7.91. The zero-order valence-corrected chi connectivity index (χ0v) is 33.0. The summed E-state index contributed by atoms with van der Waals surface area (Å²) in [5.41, 5.74) is 2.55. The third kappa shape index (κ3) is 8.08. The number of hydrogen-bond acceptors (Lipinski definition) is 9. The van der Waals surface area contributed by atoms with Gasteiger partial charge in [-0.2, -0.15) is 5.10 Å². The van der Waals surface area contributed by atoms with E-state index >= 15 is 0 Å². The lowest BCUT2D eigenvalue weighted by molar-refractivity contribution is -0.130. The van der Waals surface area contributed by atoms with Gasteiger partial charge in [-0.1, -0.05) is 42.5 Å². The van der Waals surface area contributed by atoms with Gasteiger partial charge < -0.3 is 25.0 Å². The average molecular weight is 784 g/mol. The molecule has 0 unspecified atom stereocenters. The van der Waals surface area contributed by atoms with Gasteiger partial charge in [0.15, 0.2) is 0 Å². The van der Waals surface area contributed by atoms with E-state index in [-0.39, 0.29) is 19.4 Å². The maximum atomic E-state index is 14.1. The number of methoxy groups -OCH3 is 1. The number of ether oxygens (including phenoxy) is 2. The van der Waals surface area contributed by atoms with Crippen molar-refractivity contribution in [1.29, 1.82) is 0 Å². The van der Waals surface area contributed by atoms with Gasteiger partial charge in [-0.3, -0.25) is 19.0 Å². The van der Waals surface area contributed by atoms with Crippen LogP contribution in [0.5, 0.6) is 11.5 Å². The lowest BCUT2D eigenvalue weighted by atomic mass is 10.1. The number of benzene rings is 2. The fourth-order valence-corrected chi connectivity index (χ4v) is 8.39. The van der Waals surface area contributed by atoms with E-state index in [1.165, 1.54) is 4.90 Å². The van der Waals surface area contributed by atoms with E-state index in [4.69, 9.17) is 14.5 Å². The van der Waals surface area contributed by atoms with Crippen molar-refractivity contribution in [3.05, 3.63) is 84.2 Å². The number of pyridine rings is 1. The Labute approximate surface area is 327 Å². The molecule has 15 heteroatoms. The van der Waals surface area contributed by atoms with Crippen LogP contribution in [0.25, 0.3) is 22.2 Å². The van der Waals surface area contributed by atoms with E-state index in [0.717, 1.165) is 41.3 Å². The van der Waals surface area contributed by atoms with Crippen LogP contribution in [0, 0.1) is 12.8 Å². The lowest BCUT2D eigenvalue weighted by Gasteiger charge is -2.26. The van der Waals surface area contributed by atoms with Gasteiger partial charge in [-0.15, -0.1) is 0 Å². The van der Waals surface area contributed by atoms with Gasteiger partial charge in [0.2, 0.25) is 15.9 Å². The summed E-state index contributed by atoms with van der Waals surface area (Å²) in [5, 5.41) is 11.0. The zero-order valence-electron chi connectivity index (χ0n) is 32.2. The summed E-state index contributed by atoms with van der Waals surface area (Å²) in [7, 11) is -0.681. The summed E-state index contributed by atoms with van der Waals surface area (Å²) in [6, 6.07) is 14.0. The number of nitrogens with zero attached hydrogens (tertiary/aromatic N) is 4. The molecule has 0 spiro atoms. The third-order valence-electron chi connectivity index (χ3n) is 11.2. The number of carbonyl (C=O) groups excluding carboxylic acids is 3. The van der Waals surface area contributed by atoms with Crippen LogP contribution in [0.4, 0.5) is 4.79 Å². The van der Waals surface area contributed by atoms with E-state index < -0.39 is 50.1 Å². The summed E-state index contributed by atoms with van der Waals surface area (Å²) in [4.78, 5) is 47.7. The second kappa shape index (κ2) is 15.6. The first-order valence-corrected chi connectivity index (χ1v) is 20.6. The van der Waals surface area contributed by atoms with E-state index in [1.54, 1.807) is 27.3 Å². The van der Waals surface area contributed by atoms with Crippen LogP contribution in [0.1, 0.15) is 63.0 Å². The van der Waals surface area contributed by atoms with Crippen molar-refractivity contribution in [2.45, 2.75) is 81.7 Å². The van der Waals surface area contributed by atoms with Gasteiger partial charge in [0, 0.05) is 54.7 Å². The minimum absolute atomic E-state index is 0.00818. The molecule has 3 aliphatic rings. The van der Waals surface area contributed by atoms with E-state index in [0.29, 0.717) is 48.6 Å². The van der Waals surface area contributed by atoms with Crippen molar-refractivity contribution >= 4 is 38.8 Å². The van der Waals surface area contributed by atoms with Crippen molar-refractivity contribution in [2.75, 3.05) is 27.3 Å². The number of allylic oxidation sites excluding steroid dienone is 1. The van der Waals surface area contributed by atoms with Crippen LogP contribution < -0.4 is 24.8 Å². The first-order valence-electron chi connectivity index (χ1n) is 19.1. The molecule has 7 rings (SSSR count). The zero-order chi connectivity index (χ0) is 39.7. The lowest BCUT2D eigenvalue weighted by Crippen LogP contribution is -2.58. The quantitative estimate of drug-likeness (QED) is 0.180. The maximum absolute atomic E-state index is 14.1. The number of rotatable bonds is 11. The normalized spacial score (nSPS) is 22.3. The molecule has 296 valence electrons. The smallest absolute Gasteiger partial charge is 0.317 e. The van der Waals surface area contributed by atoms with Crippen LogP contribution in [0.15, 0.2) is 73.1 Å². The molecule has 3 heterocycles. The Bertz CT molecular complexity index is 2270. The summed E-state index contributed by atoms with van der Waals surface area (Å²) in [6.45, 7) is 4.62. The fraction of sp³-hybridized carbons (Fsp3) is 0.439. The summed E-state index contributed by atoms with van der Waals surface area (Å²) in [6.07, 6.45) is 11.0. The Morgan fingerprint density at radius 1 is 1.09 bits per heavy atom. The number of nitrogens with one attached hydrogen (secondary N) is 3. The Morgan fingerprint density at radius 2 is 1.88 bits per heavy atom. The number of urea groups is 1. The highest BCUT2D eigenvalue weighted by Gasteiger charge is 2.62. The van der Waals surface area contributed by atoms with Crippen LogP contribution in [-0.2, 0) is 26.2 Å². The number of fused-ring (bicyclic) bond motifs is 2. The molecule has 2 aromatic heterocycles.